The van der Waals surface area contributed by atoms with E-state index in [1.54, 1.807) is 17.8 Å². The Kier molecular flexibility index (Phi) is 3.43. The summed E-state index contributed by atoms with van der Waals surface area (Å²) in [4.78, 5) is 29.8. The topological polar surface area (TPSA) is 88.9 Å². The number of rotatable bonds is 2. The van der Waals surface area contributed by atoms with Gasteiger partial charge in [-0.3, -0.25) is 4.79 Å². The number of H-pyrrole nitrogens is 1. The van der Waals surface area contributed by atoms with Crippen LogP contribution in [0.1, 0.15) is 28.1 Å². The molecule has 7 nitrogen and oxygen atoms in total. The molecule has 1 N–H and O–H groups in total. The van der Waals surface area contributed by atoms with E-state index in [0.717, 1.165) is 42.8 Å². The van der Waals surface area contributed by atoms with Gasteiger partial charge in [-0.25, -0.2) is 9.97 Å². The molecular weight excluding hydrogens is 348 g/mol. The second kappa shape index (κ2) is 5.81. The van der Waals surface area contributed by atoms with Crippen LogP contribution in [0, 0.1) is 11.3 Å². The third kappa shape index (κ3) is 2.28. The number of aromatic amines is 1. The molecule has 1 amide bonds. The summed E-state index contributed by atoms with van der Waals surface area (Å²) in [6, 6.07) is 6.16. The quantitative estimate of drug-likeness (QED) is 0.754. The molecule has 0 aromatic carbocycles. The summed E-state index contributed by atoms with van der Waals surface area (Å²) in [6.07, 6.45) is 5.47. The normalized spacial score (nSPS) is 22.0. The fourth-order valence-corrected chi connectivity index (χ4v) is 4.93. The highest BCUT2D eigenvalue weighted by atomic mass is 32.1. The molecule has 2 bridgehead atoms. The minimum atomic E-state index is 0.0538. The molecule has 2 unspecified atom stereocenters. The van der Waals surface area contributed by atoms with Crippen molar-refractivity contribution < 1.29 is 4.79 Å². The Hall–Kier alpha value is -2.92. The molecule has 5 rings (SSSR count). The number of nitrogens with one attached hydrogen (secondary N) is 1. The first kappa shape index (κ1) is 15.3. The molecule has 2 aliphatic heterocycles. The molecule has 0 aliphatic carbocycles. The molecule has 2 atom stereocenters. The summed E-state index contributed by atoms with van der Waals surface area (Å²) >= 11 is 1.36. The van der Waals surface area contributed by atoms with Crippen LogP contribution in [0.5, 0.6) is 0 Å². The summed E-state index contributed by atoms with van der Waals surface area (Å²) in [6.45, 7) is 1.55. The van der Waals surface area contributed by atoms with Crippen LogP contribution < -0.4 is 4.90 Å². The Morgan fingerprint density at radius 3 is 2.85 bits per heavy atom. The molecule has 3 aromatic rings. The van der Waals surface area contributed by atoms with Crippen LogP contribution in [-0.2, 0) is 0 Å². The minimum absolute atomic E-state index is 0.0538. The number of amides is 1. The first-order valence-electron chi connectivity index (χ1n) is 8.59. The smallest absolute Gasteiger partial charge is 0.264 e. The molecule has 0 saturated carbocycles. The van der Waals surface area contributed by atoms with Crippen LogP contribution in [0.4, 0.5) is 5.82 Å². The number of nitrogens with zero attached hydrogens (tertiary/aromatic N) is 5. The average molecular weight is 364 g/mol. The van der Waals surface area contributed by atoms with Gasteiger partial charge in [0.1, 0.15) is 23.9 Å². The van der Waals surface area contributed by atoms with Gasteiger partial charge in [-0.1, -0.05) is 0 Å². The Bertz CT molecular complexity index is 1020. The number of nitriles is 1. The molecule has 8 heteroatoms. The van der Waals surface area contributed by atoms with E-state index in [0.29, 0.717) is 10.4 Å². The van der Waals surface area contributed by atoms with Crippen LogP contribution in [0.2, 0.25) is 0 Å². The van der Waals surface area contributed by atoms with Gasteiger partial charge in [0, 0.05) is 24.7 Å². The summed E-state index contributed by atoms with van der Waals surface area (Å²) < 4.78 is 0. The van der Waals surface area contributed by atoms with Crippen molar-refractivity contribution >= 4 is 34.1 Å². The number of carbonyl (C=O) groups is 1. The lowest BCUT2D eigenvalue weighted by molar-refractivity contribution is 0.0646. The number of fused-ring (bicyclic) bond motifs is 3. The van der Waals surface area contributed by atoms with E-state index < -0.39 is 0 Å². The minimum Gasteiger partial charge on any atom is -0.352 e. The van der Waals surface area contributed by atoms with Crippen molar-refractivity contribution in [2.75, 3.05) is 18.0 Å². The molecule has 3 aromatic heterocycles. The van der Waals surface area contributed by atoms with Gasteiger partial charge in [-0.05, 0) is 25.0 Å². The third-order valence-corrected chi connectivity index (χ3v) is 6.21. The molecular formula is C18H16N6OS. The maximum Gasteiger partial charge on any atom is 0.264 e. The average Bonchev–Trinajstić information content (AvgIpc) is 3.38. The molecule has 2 fully saturated rings. The molecule has 130 valence electrons. The lowest BCUT2D eigenvalue weighted by Gasteiger charge is -2.41. The van der Waals surface area contributed by atoms with E-state index >= 15 is 0 Å². The number of hydrogen-bond donors (Lipinski definition) is 1. The fourth-order valence-electron chi connectivity index (χ4n) is 4.15. The second-order valence-electron chi connectivity index (χ2n) is 6.75. The van der Waals surface area contributed by atoms with Crippen LogP contribution in [-0.4, -0.2) is 50.9 Å². The Morgan fingerprint density at radius 2 is 2.12 bits per heavy atom. The first-order chi connectivity index (χ1) is 12.7. The lowest BCUT2D eigenvalue weighted by atomic mass is 10.1. The van der Waals surface area contributed by atoms with Crippen molar-refractivity contribution in [3.05, 3.63) is 40.5 Å². The second-order valence-corrected chi connectivity index (χ2v) is 7.66. The van der Waals surface area contributed by atoms with Gasteiger partial charge in [-0.2, -0.15) is 5.26 Å². The van der Waals surface area contributed by atoms with Crippen molar-refractivity contribution in [3.8, 4) is 6.07 Å². The van der Waals surface area contributed by atoms with Crippen molar-refractivity contribution in [3.63, 3.8) is 0 Å². The van der Waals surface area contributed by atoms with E-state index in [-0.39, 0.29) is 18.0 Å². The van der Waals surface area contributed by atoms with Gasteiger partial charge in [0.05, 0.1) is 27.9 Å². The summed E-state index contributed by atoms with van der Waals surface area (Å²) in [5.41, 5.74) is 1.39. The molecule has 5 heterocycles. The number of piperazine rings is 1. The van der Waals surface area contributed by atoms with Crippen LogP contribution >= 0.6 is 11.3 Å². The molecule has 0 spiro atoms. The summed E-state index contributed by atoms with van der Waals surface area (Å²) in [5.74, 6) is 0.987. The van der Waals surface area contributed by atoms with Gasteiger partial charge in [0.15, 0.2) is 0 Å². The van der Waals surface area contributed by atoms with E-state index in [1.807, 2.05) is 17.2 Å². The predicted octanol–water partition coefficient (Wildman–Crippen LogP) is 2.38. The van der Waals surface area contributed by atoms with E-state index in [9.17, 15) is 4.79 Å². The number of aromatic nitrogens is 3. The Balaban J connectivity index is 1.42. The van der Waals surface area contributed by atoms with Gasteiger partial charge >= 0.3 is 0 Å². The molecule has 0 radical (unpaired) electrons. The highest BCUT2D eigenvalue weighted by Crippen LogP contribution is 2.35. The van der Waals surface area contributed by atoms with Gasteiger partial charge in [0.2, 0.25) is 0 Å². The largest absolute Gasteiger partial charge is 0.352 e. The number of hydrogen-bond acceptors (Lipinski definition) is 6. The summed E-state index contributed by atoms with van der Waals surface area (Å²) in [5, 5.41) is 11.8. The van der Waals surface area contributed by atoms with Crippen LogP contribution in [0.3, 0.4) is 0 Å². The standard InChI is InChI=1S/C18H16N6OS/c19-6-11-5-15(26-9-11)18(25)24-12-1-2-13(24)8-23(7-12)17-14-3-4-20-16(14)21-10-22-17/h3-5,9-10,12-13H,1-2,7-8H2,(H,20,21,22). The zero-order valence-electron chi connectivity index (χ0n) is 13.9. The van der Waals surface area contributed by atoms with Crippen molar-refractivity contribution in [1.82, 2.24) is 19.9 Å². The fraction of sp³-hybridized carbons (Fsp3) is 0.333. The lowest BCUT2D eigenvalue weighted by Crippen LogP contribution is -2.56. The van der Waals surface area contributed by atoms with Crippen molar-refractivity contribution in [1.29, 1.82) is 5.26 Å². The maximum absolute atomic E-state index is 13.0. The summed E-state index contributed by atoms with van der Waals surface area (Å²) in [7, 11) is 0. The molecule has 2 saturated heterocycles. The number of anilines is 1. The van der Waals surface area contributed by atoms with Gasteiger partial charge in [0.25, 0.3) is 5.91 Å². The molecule has 2 aliphatic rings. The predicted molar refractivity (Wildman–Crippen MR) is 98.1 cm³/mol. The highest BCUT2D eigenvalue weighted by molar-refractivity contribution is 7.12. The highest BCUT2D eigenvalue weighted by Gasteiger charge is 2.43. The number of thiophene rings is 1. The SMILES string of the molecule is N#Cc1csc(C(=O)N2C3CCC2CN(c2ncnc4[nH]ccc24)C3)c1. The van der Waals surface area contributed by atoms with Gasteiger partial charge in [-0.15, -0.1) is 11.3 Å². The van der Waals surface area contributed by atoms with Gasteiger partial charge < -0.3 is 14.8 Å². The monoisotopic (exact) mass is 364 g/mol. The zero-order valence-corrected chi connectivity index (χ0v) is 14.7. The Morgan fingerprint density at radius 1 is 1.31 bits per heavy atom. The van der Waals surface area contributed by atoms with Crippen molar-refractivity contribution in [2.45, 2.75) is 24.9 Å². The van der Waals surface area contributed by atoms with Crippen LogP contribution in [0.25, 0.3) is 11.0 Å². The van der Waals surface area contributed by atoms with E-state index in [1.165, 1.54) is 11.3 Å². The van der Waals surface area contributed by atoms with E-state index in [4.69, 9.17) is 5.26 Å². The zero-order chi connectivity index (χ0) is 17.7. The Labute approximate surface area is 153 Å². The van der Waals surface area contributed by atoms with Crippen molar-refractivity contribution in [2.24, 2.45) is 0 Å². The first-order valence-corrected chi connectivity index (χ1v) is 9.47. The van der Waals surface area contributed by atoms with E-state index in [2.05, 4.69) is 25.9 Å². The molecule has 26 heavy (non-hydrogen) atoms. The third-order valence-electron chi connectivity index (χ3n) is 5.29. The van der Waals surface area contributed by atoms with Crippen LogP contribution in [0.15, 0.2) is 30.0 Å². The maximum atomic E-state index is 13.0. The number of carbonyl (C=O) groups excluding carboxylic acids is 1.